The van der Waals surface area contributed by atoms with E-state index in [0.717, 1.165) is 76.6 Å². The van der Waals surface area contributed by atoms with Crippen LogP contribution in [-0.2, 0) is 9.53 Å². The number of amides is 2. The summed E-state index contributed by atoms with van der Waals surface area (Å²) in [4.78, 5) is 35.1. The Hall–Kier alpha value is -2.22. The van der Waals surface area contributed by atoms with Crippen molar-refractivity contribution in [2.75, 3.05) is 50.8 Å². The van der Waals surface area contributed by atoms with Gasteiger partial charge in [-0.3, -0.25) is 14.5 Å². The first-order valence-corrected chi connectivity index (χ1v) is 12.5. The van der Waals surface area contributed by atoms with Crippen LogP contribution in [0.1, 0.15) is 55.4 Å². The lowest BCUT2D eigenvalue weighted by Gasteiger charge is -2.40. The van der Waals surface area contributed by atoms with Crippen LogP contribution in [0, 0.1) is 11.3 Å². The van der Waals surface area contributed by atoms with Gasteiger partial charge >= 0.3 is 0 Å². The number of aromatic nitrogens is 1. The van der Waals surface area contributed by atoms with Crippen LogP contribution in [0.2, 0.25) is 0 Å². The van der Waals surface area contributed by atoms with Crippen LogP contribution in [0.15, 0.2) is 5.38 Å². The molecule has 1 aliphatic carbocycles. The lowest BCUT2D eigenvalue weighted by atomic mass is 9.80. The maximum Gasteiger partial charge on any atom is 0.271 e. The summed E-state index contributed by atoms with van der Waals surface area (Å²) in [5.41, 5.74) is -0.592. The van der Waals surface area contributed by atoms with Gasteiger partial charge in [-0.15, -0.1) is 11.3 Å². The van der Waals surface area contributed by atoms with Crippen molar-refractivity contribution in [1.29, 1.82) is 5.26 Å². The maximum absolute atomic E-state index is 13.0. The first-order chi connectivity index (χ1) is 15.6. The van der Waals surface area contributed by atoms with E-state index in [2.05, 4.69) is 25.4 Å². The normalized spacial score (nSPS) is 22.2. The standard InChI is InChI=1S/C22H32N6O3S/c23-8-9-24-20(30)22(6-2-1-3-7-22)26-19(29)18-16-32-21(25-18)28-10-4-17(5-11-28)27-12-14-31-15-13-27/h16-17H,1-7,9-15H2,(H,24,30)(H,26,29). The molecule has 0 spiro atoms. The van der Waals surface area contributed by atoms with Gasteiger partial charge in [0.05, 0.1) is 19.3 Å². The van der Waals surface area contributed by atoms with E-state index in [1.807, 2.05) is 6.07 Å². The Balaban J connectivity index is 1.36. The molecule has 9 nitrogen and oxygen atoms in total. The van der Waals surface area contributed by atoms with E-state index in [0.29, 0.717) is 24.6 Å². The number of hydrogen-bond donors (Lipinski definition) is 2. The van der Waals surface area contributed by atoms with Gasteiger partial charge in [-0.25, -0.2) is 4.98 Å². The third-order valence-electron chi connectivity index (χ3n) is 6.84. The van der Waals surface area contributed by atoms with Crippen molar-refractivity contribution in [2.24, 2.45) is 0 Å². The van der Waals surface area contributed by atoms with Gasteiger partial charge < -0.3 is 20.3 Å². The second kappa shape index (κ2) is 10.6. The highest BCUT2D eigenvalue weighted by Gasteiger charge is 2.41. The van der Waals surface area contributed by atoms with E-state index in [4.69, 9.17) is 10.00 Å². The molecular weight excluding hydrogens is 428 g/mol. The number of carbonyl (C=O) groups is 2. The molecule has 2 amide bonds. The van der Waals surface area contributed by atoms with Gasteiger partial charge in [-0.1, -0.05) is 19.3 Å². The van der Waals surface area contributed by atoms with Gasteiger partial charge in [0.1, 0.15) is 17.8 Å². The number of morpholine rings is 1. The minimum absolute atomic E-state index is 0.0578. The quantitative estimate of drug-likeness (QED) is 0.619. The maximum atomic E-state index is 13.0. The van der Waals surface area contributed by atoms with E-state index in [9.17, 15) is 9.59 Å². The first kappa shape index (κ1) is 23.0. The summed E-state index contributed by atoms with van der Waals surface area (Å²) in [5, 5.41) is 17.0. The molecule has 0 atom stereocenters. The van der Waals surface area contributed by atoms with Crippen molar-refractivity contribution in [3.8, 4) is 6.07 Å². The second-order valence-corrected chi connectivity index (χ2v) is 9.66. The molecule has 32 heavy (non-hydrogen) atoms. The van der Waals surface area contributed by atoms with E-state index in [-0.39, 0.29) is 18.4 Å². The Bertz CT molecular complexity index is 833. The molecule has 2 aliphatic heterocycles. The number of hydrogen-bond acceptors (Lipinski definition) is 8. The van der Waals surface area contributed by atoms with Gasteiger partial charge in [-0.2, -0.15) is 5.26 Å². The predicted octanol–water partition coefficient (Wildman–Crippen LogP) is 1.52. The van der Waals surface area contributed by atoms with Crippen LogP contribution in [-0.4, -0.2) is 79.2 Å². The molecule has 3 fully saturated rings. The topological polar surface area (TPSA) is 111 Å². The number of nitrogens with zero attached hydrogens (tertiary/aromatic N) is 4. The fraction of sp³-hybridized carbons (Fsp3) is 0.727. The average Bonchev–Trinajstić information content (AvgIpc) is 3.34. The van der Waals surface area contributed by atoms with Crippen LogP contribution in [0.4, 0.5) is 5.13 Å². The molecule has 1 saturated carbocycles. The molecule has 0 bridgehead atoms. The third-order valence-corrected chi connectivity index (χ3v) is 7.75. The van der Waals surface area contributed by atoms with Crippen LogP contribution >= 0.6 is 11.3 Å². The highest BCUT2D eigenvalue weighted by Crippen LogP contribution is 2.30. The van der Waals surface area contributed by atoms with E-state index >= 15 is 0 Å². The first-order valence-electron chi connectivity index (χ1n) is 11.6. The van der Waals surface area contributed by atoms with E-state index in [1.165, 1.54) is 11.3 Å². The molecule has 0 unspecified atom stereocenters. The van der Waals surface area contributed by atoms with Gasteiger partial charge in [0.25, 0.3) is 5.91 Å². The lowest BCUT2D eigenvalue weighted by Crippen LogP contribution is -2.59. The fourth-order valence-electron chi connectivity index (χ4n) is 5.01. The zero-order valence-electron chi connectivity index (χ0n) is 18.5. The highest BCUT2D eigenvalue weighted by atomic mass is 32.1. The van der Waals surface area contributed by atoms with Crippen LogP contribution < -0.4 is 15.5 Å². The molecule has 10 heteroatoms. The summed E-state index contributed by atoms with van der Waals surface area (Å²) in [7, 11) is 0. The summed E-state index contributed by atoms with van der Waals surface area (Å²) >= 11 is 1.48. The molecule has 2 N–H and O–H groups in total. The number of thiazole rings is 1. The Labute approximate surface area is 193 Å². The second-order valence-electron chi connectivity index (χ2n) is 8.82. The summed E-state index contributed by atoms with van der Waals surface area (Å²) < 4.78 is 5.46. The number of rotatable bonds is 6. The Kier molecular flexibility index (Phi) is 7.60. The third kappa shape index (κ3) is 5.22. The lowest BCUT2D eigenvalue weighted by molar-refractivity contribution is -0.128. The van der Waals surface area contributed by atoms with Crippen molar-refractivity contribution in [1.82, 2.24) is 20.5 Å². The van der Waals surface area contributed by atoms with Gasteiger partial charge in [0.2, 0.25) is 5.91 Å². The molecule has 0 aromatic carbocycles. The van der Waals surface area contributed by atoms with Gasteiger partial charge in [0, 0.05) is 37.6 Å². The van der Waals surface area contributed by atoms with Crippen molar-refractivity contribution in [3.05, 3.63) is 11.1 Å². The van der Waals surface area contributed by atoms with Crippen molar-refractivity contribution < 1.29 is 14.3 Å². The van der Waals surface area contributed by atoms with Crippen molar-refractivity contribution >= 4 is 28.3 Å². The SMILES string of the molecule is N#CCNC(=O)C1(NC(=O)c2csc(N3CCC(N4CCOCC4)CC3)n2)CCCCC1. The molecule has 1 aromatic heterocycles. The minimum Gasteiger partial charge on any atom is -0.379 e. The Morgan fingerprint density at radius 2 is 1.91 bits per heavy atom. The average molecular weight is 461 g/mol. The van der Waals surface area contributed by atoms with E-state index < -0.39 is 5.54 Å². The number of nitrogens with one attached hydrogen (secondary N) is 2. The van der Waals surface area contributed by atoms with Crippen molar-refractivity contribution in [3.63, 3.8) is 0 Å². The smallest absolute Gasteiger partial charge is 0.271 e. The van der Waals surface area contributed by atoms with Gasteiger partial charge in [-0.05, 0) is 25.7 Å². The Morgan fingerprint density at radius 3 is 2.59 bits per heavy atom. The van der Waals surface area contributed by atoms with Crippen LogP contribution in [0.5, 0.6) is 0 Å². The number of carbonyl (C=O) groups excluding carboxylic acids is 2. The number of piperidine rings is 1. The summed E-state index contributed by atoms with van der Waals surface area (Å²) in [5.74, 6) is -0.586. The minimum atomic E-state index is -0.952. The summed E-state index contributed by atoms with van der Waals surface area (Å²) in [6.07, 6.45) is 6.14. The zero-order valence-corrected chi connectivity index (χ0v) is 19.3. The summed E-state index contributed by atoms with van der Waals surface area (Å²) in [6, 6.07) is 2.53. The molecule has 0 radical (unpaired) electrons. The molecule has 3 aliphatic rings. The van der Waals surface area contributed by atoms with Crippen LogP contribution in [0.3, 0.4) is 0 Å². The number of ether oxygens (including phenoxy) is 1. The largest absolute Gasteiger partial charge is 0.379 e. The number of anilines is 1. The molecular formula is C22H32N6O3S. The molecule has 2 saturated heterocycles. The predicted molar refractivity (Wildman–Crippen MR) is 122 cm³/mol. The highest BCUT2D eigenvalue weighted by molar-refractivity contribution is 7.13. The monoisotopic (exact) mass is 460 g/mol. The number of nitriles is 1. The van der Waals surface area contributed by atoms with Gasteiger partial charge in [0.15, 0.2) is 5.13 Å². The van der Waals surface area contributed by atoms with E-state index in [1.54, 1.807) is 5.38 Å². The summed E-state index contributed by atoms with van der Waals surface area (Å²) in [6.45, 7) is 5.46. The molecule has 1 aromatic rings. The molecule has 174 valence electrons. The zero-order chi connectivity index (χ0) is 22.4. The van der Waals surface area contributed by atoms with Crippen LogP contribution in [0.25, 0.3) is 0 Å². The fourth-order valence-corrected chi connectivity index (χ4v) is 5.87. The molecule has 3 heterocycles. The van der Waals surface area contributed by atoms with Crippen molar-refractivity contribution in [2.45, 2.75) is 56.5 Å². The Morgan fingerprint density at radius 1 is 1.19 bits per heavy atom. The molecule has 4 rings (SSSR count).